The summed E-state index contributed by atoms with van der Waals surface area (Å²) in [4.78, 5) is 15.1. The van der Waals surface area contributed by atoms with E-state index in [1.807, 2.05) is 30.0 Å². The van der Waals surface area contributed by atoms with Gasteiger partial charge >= 0.3 is 6.03 Å². The highest BCUT2D eigenvalue weighted by Crippen LogP contribution is 2.38. The van der Waals surface area contributed by atoms with Crippen LogP contribution < -0.4 is 14.8 Å². The third-order valence-electron chi connectivity index (χ3n) is 5.53. The second-order valence-corrected chi connectivity index (χ2v) is 7.67. The number of likely N-dealkylation sites (N-methyl/N-ethyl adjacent to an activating group) is 1. The molecular formula is C23H28N2O3. The first-order valence-corrected chi connectivity index (χ1v) is 10.2. The quantitative estimate of drug-likeness (QED) is 0.794. The molecule has 4 rings (SSSR count). The molecule has 2 aliphatic rings. The topological polar surface area (TPSA) is 50.8 Å². The number of rotatable bonds is 6. The van der Waals surface area contributed by atoms with Crippen molar-refractivity contribution in [1.29, 1.82) is 0 Å². The molecule has 5 heteroatoms. The first kappa shape index (κ1) is 18.7. The van der Waals surface area contributed by atoms with E-state index in [1.165, 1.54) is 24.0 Å². The van der Waals surface area contributed by atoms with Gasteiger partial charge in [-0.3, -0.25) is 0 Å². The van der Waals surface area contributed by atoms with Gasteiger partial charge in [-0.1, -0.05) is 29.8 Å². The number of amides is 2. The summed E-state index contributed by atoms with van der Waals surface area (Å²) in [5, 5.41) is 3.05. The van der Waals surface area contributed by atoms with E-state index in [0.717, 1.165) is 17.9 Å². The molecule has 2 aromatic carbocycles. The van der Waals surface area contributed by atoms with Crippen LogP contribution in [0.2, 0.25) is 0 Å². The first-order valence-electron chi connectivity index (χ1n) is 10.2. The number of nitrogens with one attached hydrogen (secondary N) is 1. The fourth-order valence-electron chi connectivity index (χ4n) is 3.82. The number of ether oxygens (including phenoxy) is 2. The Hall–Kier alpha value is -2.69. The summed E-state index contributed by atoms with van der Waals surface area (Å²) in [6.07, 6.45) is 3.29. The minimum absolute atomic E-state index is 0.0526. The summed E-state index contributed by atoms with van der Waals surface area (Å²) in [5.74, 6) is 2.00. The van der Waals surface area contributed by atoms with Gasteiger partial charge in [-0.05, 0) is 56.7 Å². The van der Waals surface area contributed by atoms with Crippen LogP contribution in [0, 0.1) is 12.8 Å². The van der Waals surface area contributed by atoms with Gasteiger partial charge in [0.15, 0.2) is 11.5 Å². The van der Waals surface area contributed by atoms with E-state index < -0.39 is 0 Å². The van der Waals surface area contributed by atoms with Gasteiger partial charge < -0.3 is 19.7 Å². The molecule has 0 unspecified atom stereocenters. The van der Waals surface area contributed by atoms with Crippen LogP contribution in [0.5, 0.6) is 11.5 Å². The number of benzene rings is 2. The van der Waals surface area contributed by atoms with Crippen LogP contribution in [0.3, 0.4) is 0 Å². The zero-order valence-electron chi connectivity index (χ0n) is 16.6. The molecule has 0 saturated heterocycles. The van der Waals surface area contributed by atoms with Crippen molar-refractivity contribution in [3.8, 4) is 11.5 Å². The van der Waals surface area contributed by atoms with Gasteiger partial charge in [0.05, 0.1) is 0 Å². The molecule has 0 aromatic heterocycles. The third-order valence-corrected chi connectivity index (χ3v) is 5.53. The number of fused-ring (bicyclic) bond motifs is 1. The van der Waals surface area contributed by atoms with E-state index in [1.54, 1.807) is 0 Å². The fourth-order valence-corrected chi connectivity index (χ4v) is 3.82. The summed E-state index contributed by atoms with van der Waals surface area (Å²) in [6.45, 7) is 5.93. The van der Waals surface area contributed by atoms with Gasteiger partial charge in [0.25, 0.3) is 0 Å². The molecule has 1 aliphatic heterocycles. The van der Waals surface area contributed by atoms with Gasteiger partial charge in [-0.25, -0.2) is 4.79 Å². The van der Waals surface area contributed by atoms with Gasteiger partial charge in [-0.2, -0.15) is 0 Å². The molecule has 148 valence electrons. The lowest BCUT2D eigenvalue weighted by Gasteiger charge is -2.31. The minimum Gasteiger partial charge on any atom is -0.486 e. The molecule has 28 heavy (non-hydrogen) atoms. The highest BCUT2D eigenvalue weighted by molar-refractivity contribution is 5.90. The second-order valence-electron chi connectivity index (χ2n) is 7.67. The number of carbonyl (C=O) groups excluding carboxylic acids is 1. The van der Waals surface area contributed by atoms with Crippen LogP contribution in [0.4, 0.5) is 10.5 Å². The van der Waals surface area contributed by atoms with Crippen molar-refractivity contribution in [3.63, 3.8) is 0 Å². The Kier molecular flexibility index (Phi) is 5.42. The molecule has 1 heterocycles. The van der Waals surface area contributed by atoms with Crippen molar-refractivity contribution in [1.82, 2.24) is 4.90 Å². The molecule has 1 saturated carbocycles. The zero-order chi connectivity index (χ0) is 19.5. The minimum atomic E-state index is -0.0526. The Balaban J connectivity index is 1.47. The fraction of sp³-hybridized carbons (Fsp3) is 0.435. The zero-order valence-corrected chi connectivity index (χ0v) is 16.6. The van der Waals surface area contributed by atoms with Gasteiger partial charge in [0, 0.05) is 24.3 Å². The van der Waals surface area contributed by atoms with Crippen LogP contribution in [0.25, 0.3) is 0 Å². The third kappa shape index (κ3) is 4.24. The lowest BCUT2D eigenvalue weighted by molar-refractivity contribution is 0.171. The first-order chi connectivity index (χ1) is 13.6. The number of hydrogen-bond acceptors (Lipinski definition) is 3. The van der Waals surface area contributed by atoms with Gasteiger partial charge in [0.2, 0.25) is 0 Å². The van der Waals surface area contributed by atoms with Crippen molar-refractivity contribution >= 4 is 11.7 Å². The van der Waals surface area contributed by atoms with Gasteiger partial charge in [-0.15, -0.1) is 0 Å². The van der Waals surface area contributed by atoms with Crippen LogP contribution in [-0.4, -0.2) is 36.7 Å². The number of urea groups is 1. The van der Waals surface area contributed by atoms with Crippen LogP contribution in [0.15, 0.2) is 42.5 Å². The Morgan fingerprint density at radius 1 is 1.11 bits per heavy atom. The van der Waals surface area contributed by atoms with Crippen molar-refractivity contribution in [2.45, 2.75) is 39.2 Å². The molecule has 5 nitrogen and oxygen atoms in total. The Morgan fingerprint density at radius 2 is 1.82 bits per heavy atom. The summed E-state index contributed by atoms with van der Waals surface area (Å²) < 4.78 is 11.2. The van der Waals surface area contributed by atoms with E-state index in [2.05, 4.69) is 36.5 Å². The average molecular weight is 380 g/mol. The highest BCUT2D eigenvalue weighted by atomic mass is 16.6. The molecule has 0 bridgehead atoms. The SMILES string of the molecule is CCN(C(=O)Nc1ccc2c(c1)OCCO2)[C@H](Cc1ccc(C)cc1)C1CC1. The maximum absolute atomic E-state index is 13.1. The van der Waals surface area contributed by atoms with Crippen molar-refractivity contribution in [2.24, 2.45) is 5.92 Å². The smallest absolute Gasteiger partial charge is 0.322 e. The largest absolute Gasteiger partial charge is 0.486 e. The molecule has 0 radical (unpaired) electrons. The van der Waals surface area contributed by atoms with Crippen LogP contribution >= 0.6 is 0 Å². The lowest BCUT2D eigenvalue weighted by atomic mass is 10.00. The number of anilines is 1. The van der Waals surface area contributed by atoms with E-state index in [-0.39, 0.29) is 12.1 Å². The summed E-state index contributed by atoms with van der Waals surface area (Å²) in [6, 6.07) is 14.4. The van der Waals surface area contributed by atoms with Crippen LogP contribution in [0.1, 0.15) is 30.9 Å². The normalized spacial score (nSPS) is 16.4. The maximum atomic E-state index is 13.1. The van der Waals surface area contributed by atoms with E-state index in [0.29, 0.717) is 31.4 Å². The molecule has 1 N–H and O–H groups in total. The molecular weight excluding hydrogens is 352 g/mol. The molecule has 0 spiro atoms. The predicted molar refractivity (Wildman–Crippen MR) is 110 cm³/mol. The number of nitrogens with zero attached hydrogens (tertiary/aromatic N) is 1. The average Bonchev–Trinajstić information content (AvgIpc) is 3.54. The number of carbonyl (C=O) groups is 1. The summed E-state index contributed by atoms with van der Waals surface area (Å²) >= 11 is 0. The monoisotopic (exact) mass is 380 g/mol. The molecule has 1 atom stereocenters. The highest BCUT2D eigenvalue weighted by Gasteiger charge is 2.37. The second kappa shape index (κ2) is 8.13. The van der Waals surface area contributed by atoms with Crippen molar-refractivity contribution in [3.05, 3.63) is 53.6 Å². The van der Waals surface area contributed by atoms with Crippen molar-refractivity contribution < 1.29 is 14.3 Å². The van der Waals surface area contributed by atoms with Gasteiger partial charge in [0.1, 0.15) is 13.2 Å². The van der Waals surface area contributed by atoms with E-state index in [9.17, 15) is 4.79 Å². The van der Waals surface area contributed by atoms with E-state index in [4.69, 9.17) is 9.47 Å². The van der Waals surface area contributed by atoms with Crippen LogP contribution in [-0.2, 0) is 6.42 Å². The predicted octanol–water partition coefficient (Wildman–Crippen LogP) is 4.64. The lowest BCUT2D eigenvalue weighted by Crippen LogP contribution is -2.45. The maximum Gasteiger partial charge on any atom is 0.322 e. The Bertz CT molecular complexity index is 830. The number of hydrogen-bond donors (Lipinski definition) is 1. The summed E-state index contributed by atoms with van der Waals surface area (Å²) in [7, 11) is 0. The number of aryl methyl sites for hydroxylation is 1. The van der Waals surface area contributed by atoms with Crippen molar-refractivity contribution in [2.75, 3.05) is 25.1 Å². The molecule has 2 amide bonds. The molecule has 2 aromatic rings. The Morgan fingerprint density at radius 3 is 2.50 bits per heavy atom. The standard InChI is InChI=1S/C23H28N2O3/c1-3-25(20(18-8-9-18)14-17-6-4-16(2)5-7-17)23(26)24-19-10-11-21-22(15-19)28-13-12-27-21/h4-7,10-11,15,18,20H,3,8-9,12-14H2,1-2H3,(H,24,26)/t20-/m1/s1. The molecule has 1 aliphatic carbocycles. The molecule has 1 fully saturated rings. The van der Waals surface area contributed by atoms with E-state index >= 15 is 0 Å². The summed E-state index contributed by atoms with van der Waals surface area (Å²) in [5.41, 5.74) is 3.28. The Labute approximate surface area is 166 Å².